The van der Waals surface area contributed by atoms with Gasteiger partial charge >= 0.3 is 0 Å². The summed E-state index contributed by atoms with van der Waals surface area (Å²) in [5.41, 5.74) is 2.61. The van der Waals surface area contributed by atoms with Gasteiger partial charge in [0.1, 0.15) is 11.5 Å². The number of ketones is 1. The van der Waals surface area contributed by atoms with E-state index in [1.54, 1.807) is 36.4 Å². The predicted octanol–water partition coefficient (Wildman–Crippen LogP) is 5.87. The monoisotopic (exact) mass is 347 g/mol. The summed E-state index contributed by atoms with van der Waals surface area (Å²) in [7, 11) is 0. The maximum atomic E-state index is 11.3. The van der Waals surface area contributed by atoms with Crippen LogP contribution in [-0.4, -0.2) is 5.78 Å². The van der Waals surface area contributed by atoms with Crippen LogP contribution in [0.25, 0.3) is 23.0 Å². The number of nitriles is 1. The Morgan fingerprint density at radius 2 is 1.80 bits per heavy atom. The van der Waals surface area contributed by atoms with Gasteiger partial charge in [0.2, 0.25) is 0 Å². The topological polar surface area (TPSA) is 54.0 Å². The van der Waals surface area contributed by atoms with Gasteiger partial charge in [-0.25, -0.2) is 0 Å². The second-order valence-corrected chi connectivity index (χ2v) is 5.89. The van der Waals surface area contributed by atoms with Crippen LogP contribution in [0.5, 0.6) is 0 Å². The van der Waals surface area contributed by atoms with E-state index in [4.69, 9.17) is 16.0 Å². The van der Waals surface area contributed by atoms with Crippen LogP contribution in [-0.2, 0) is 0 Å². The zero-order chi connectivity index (χ0) is 17.8. The van der Waals surface area contributed by atoms with E-state index in [-0.39, 0.29) is 5.78 Å². The summed E-state index contributed by atoms with van der Waals surface area (Å²) in [5, 5.41) is 9.94. The normalized spacial score (nSPS) is 11.2. The van der Waals surface area contributed by atoms with Gasteiger partial charge in [-0.05, 0) is 31.2 Å². The van der Waals surface area contributed by atoms with Crippen LogP contribution in [0.15, 0.2) is 65.1 Å². The SMILES string of the molecule is CC(=O)c1ccc(-c2ccc(C=C(C#N)c3ccccc3Cl)o2)cc1. The third kappa shape index (κ3) is 3.71. The Bertz CT molecular complexity index is 991. The predicted molar refractivity (Wildman–Crippen MR) is 99.1 cm³/mol. The van der Waals surface area contributed by atoms with Crippen LogP contribution in [0.2, 0.25) is 5.02 Å². The average molecular weight is 348 g/mol. The van der Waals surface area contributed by atoms with E-state index in [2.05, 4.69) is 6.07 Å². The molecule has 0 aliphatic carbocycles. The van der Waals surface area contributed by atoms with Gasteiger partial charge in [0.25, 0.3) is 0 Å². The zero-order valence-electron chi connectivity index (χ0n) is 13.5. The molecule has 0 atom stereocenters. The lowest BCUT2D eigenvalue weighted by Crippen LogP contribution is -1.90. The van der Waals surface area contributed by atoms with E-state index in [0.717, 1.165) is 5.56 Å². The summed E-state index contributed by atoms with van der Waals surface area (Å²) in [5.74, 6) is 1.24. The van der Waals surface area contributed by atoms with Gasteiger partial charge in [-0.15, -0.1) is 0 Å². The first-order valence-electron chi connectivity index (χ1n) is 7.66. The number of benzene rings is 2. The molecule has 0 N–H and O–H groups in total. The van der Waals surface area contributed by atoms with Crippen molar-refractivity contribution in [2.45, 2.75) is 6.92 Å². The van der Waals surface area contributed by atoms with Gasteiger partial charge in [-0.1, -0.05) is 54.1 Å². The standard InChI is InChI=1S/C21H14ClNO2/c1-14(24)15-6-8-16(9-7-15)21-11-10-18(25-21)12-17(13-23)19-4-2-3-5-20(19)22/h2-12H,1H3. The third-order valence-corrected chi connectivity index (χ3v) is 4.10. The first-order chi connectivity index (χ1) is 12.1. The van der Waals surface area contributed by atoms with Gasteiger partial charge in [-0.2, -0.15) is 5.26 Å². The van der Waals surface area contributed by atoms with E-state index < -0.39 is 0 Å². The van der Waals surface area contributed by atoms with Crippen molar-refractivity contribution in [3.05, 3.63) is 82.6 Å². The maximum absolute atomic E-state index is 11.3. The lowest BCUT2D eigenvalue weighted by Gasteiger charge is -2.01. The minimum atomic E-state index is 0.0213. The molecule has 2 aromatic carbocycles. The molecule has 0 aliphatic heterocycles. The fraction of sp³-hybridized carbons (Fsp3) is 0.0476. The van der Waals surface area contributed by atoms with Crippen LogP contribution >= 0.6 is 11.6 Å². The van der Waals surface area contributed by atoms with Gasteiger partial charge in [0.15, 0.2) is 5.78 Å². The quantitative estimate of drug-likeness (QED) is 0.438. The Labute approximate surface area is 150 Å². The van der Waals surface area contributed by atoms with Crippen LogP contribution < -0.4 is 0 Å². The average Bonchev–Trinajstić information content (AvgIpc) is 3.09. The Morgan fingerprint density at radius 1 is 1.08 bits per heavy atom. The molecule has 0 bridgehead atoms. The minimum Gasteiger partial charge on any atom is -0.457 e. The summed E-state index contributed by atoms with van der Waals surface area (Å²) >= 11 is 6.16. The number of furan rings is 1. The third-order valence-electron chi connectivity index (χ3n) is 3.77. The smallest absolute Gasteiger partial charge is 0.159 e. The molecule has 3 nitrogen and oxygen atoms in total. The number of nitrogens with zero attached hydrogens (tertiary/aromatic N) is 1. The summed E-state index contributed by atoms with van der Waals surface area (Å²) < 4.78 is 5.81. The number of allylic oxidation sites excluding steroid dienone is 1. The van der Waals surface area contributed by atoms with Crippen molar-refractivity contribution in [1.29, 1.82) is 5.26 Å². The van der Waals surface area contributed by atoms with Crippen molar-refractivity contribution in [3.8, 4) is 17.4 Å². The molecule has 0 unspecified atom stereocenters. The van der Waals surface area contributed by atoms with Gasteiger partial charge in [0.05, 0.1) is 11.6 Å². The Morgan fingerprint density at radius 3 is 2.44 bits per heavy atom. The molecule has 1 aromatic heterocycles. The van der Waals surface area contributed by atoms with Gasteiger partial charge in [-0.3, -0.25) is 4.79 Å². The summed E-state index contributed by atoms with van der Waals surface area (Å²) in [6.45, 7) is 1.53. The summed E-state index contributed by atoms with van der Waals surface area (Å²) in [6.07, 6.45) is 1.66. The van der Waals surface area contributed by atoms with Crippen molar-refractivity contribution >= 4 is 29.0 Å². The van der Waals surface area contributed by atoms with Crippen molar-refractivity contribution in [3.63, 3.8) is 0 Å². The molecule has 3 rings (SSSR count). The van der Waals surface area contributed by atoms with E-state index in [1.165, 1.54) is 6.92 Å². The molecule has 122 valence electrons. The van der Waals surface area contributed by atoms with Crippen molar-refractivity contribution in [2.24, 2.45) is 0 Å². The highest BCUT2D eigenvalue weighted by Gasteiger charge is 2.09. The van der Waals surface area contributed by atoms with Crippen LogP contribution in [0, 0.1) is 11.3 Å². The molecule has 0 saturated carbocycles. The van der Waals surface area contributed by atoms with E-state index >= 15 is 0 Å². The molecule has 3 aromatic rings. The molecule has 4 heteroatoms. The number of carbonyl (C=O) groups is 1. The van der Waals surface area contributed by atoms with Crippen LogP contribution in [0.3, 0.4) is 0 Å². The van der Waals surface area contributed by atoms with Gasteiger partial charge < -0.3 is 4.42 Å². The molecular weight excluding hydrogens is 334 g/mol. The fourth-order valence-corrected chi connectivity index (χ4v) is 2.68. The number of halogens is 1. The highest BCUT2D eigenvalue weighted by Crippen LogP contribution is 2.28. The fourth-order valence-electron chi connectivity index (χ4n) is 2.45. The minimum absolute atomic E-state index is 0.0213. The van der Waals surface area contributed by atoms with E-state index in [9.17, 15) is 10.1 Å². The molecule has 0 radical (unpaired) electrons. The molecular formula is C21H14ClNO2. The second-order valence-electron chi connectivity index (χ2n) is 5.49. The van der Waals surface area contributed by atoms with Crippen LogP contribution in [0.1, 0.15) is 28.6 Å². The largest absolute Gasteiger partial charge is 0.457 e. The van der Waals surface area contributed by atoms with E-state index in [1.807, 2.05) is 30.3 Å². The Kier molecular flexibility index (Phi) is 4.83. The number of Topliss-reactive ketones (excluding diaryl/α,β-unsaturated/α-hetero) is 1. The second kappa shape index (κ2) is 7.21. The number of rotatable bonds is 4. The van der Waals surface area contributed by atoms with Crippen molar-refractivity contribution in [1.82, 2.24) is 0 Å². The van der Waals surface area contributed by atoms with Crippen LogP contribution in [0.4, 0.5) is 0 Å². The Balaban J connectivity index is 1.92. The first kappa shape index (κ1) is 16.8. The zero-order valence-corrected chi connectivity index (χ0v) is 14.2. The molecule has 0 fully saturated rings. The summed E-state index contributed by atoms with van der Waals surface area (Å²) in [4.78, 5) is 11.3. The molecule has 0 aliphatic rings. The lowest BCUT2D eigenvalue weighted by molar-refractivity contribution is 0.101. The molecule has 0 saturated heterocycles. The lowest BCUT2D eigenvalue weighted by atomic mass is 10.1. The molecule has 0 spiro atoms. The highest BCUT2D eigenvalue weighted by molar-refractivity contribution is 6.32. The number of carbonyl (C=O) groups excluding carboxylic acids is 1. The maximum Gasteiger partial charge on any atom is 0.159 e. The van der Waals surface area contributed by atoms with Gasteiger partial charge in [0, 0.05) is 21.7 Å². The Hall–Kier alpha value is -3.09. The van der Waals surface area contributed by atoms with E-state index in [0.29, 0.717) is 33.2 Å². The molecule has 1 heterocycles. The number of hydrogen-bond acceptors (Lipinski definition) is 3. The number of hydrogen-bond donors (Lipinski definition) is 0. The van der Waals surface area contributed by atoms with Crippen molar-refractivity contribution < 1.29 is 9.21 Å². The first-order valence-corrected chi connectivity index (χ1v) is 8.04. The molecule has 25 heavy (non-hydrogen) atoms. The molecule has 0 amide bonds. The van der Waals surface area contributed by atoms with Crippen molar-refractivity contribution in [2.75, 3.05) is 0 Å². The summed E-state index contributed by atoms with van der Waals surface area (Å²) in [6, 6.07) is 20.2. The highest BCUT2D eigenvalue weighted by atomic mass is 35.5.